The molecule has 0 aliphatic rings. The highest BCUT2D eigenvalue weighted by molar-refractivity contribution is 5.66. The van der Waals surface area contributed by atoms with Crippen LogP contribution in [0.1, 0.15) is 174 Å². The van der Waals surface area contributed by atoms with E-state index in [4.69, 9.17) is 5.11 Å². The van der Waals surface area contributed by atoms with E-state index in [0.717, 1.165) is 36.8 Å². The number of phenolic OH excluding ortho intramolecular Hbond substituents is 1. The molecule has 1 atom stereocenters. The largest absolute Gasteiger partial charge is 0.507 e. The van der Waals surface area contributed by atoms with Gasteiger partial charge in [0.1, 0.15) is 5.75 Å². The van der Waals surface area contributed by atoms with E-state index in [0.29, 0.717) is 11.7 Å². The molecule has 0 spiro atoms. The predicted molar refractivity (Wildman–Crippen MR) is 165 cm³/mol. The maximum atomic E-state index is 11.2. The zero-order valence-corrected chi connectivity index (χ0v) is 26.0. The van der Waals surface area contributed by atoms with Crippen molar-refractivity contribution in [2.75, 3.05) is 0 Å². The van der Waals surface area contributed by atoms with Crippen molar-refractivity contribution in [2.45, 2.75) is 168 Å². The monoisotopic (exact) mass is 528 g/mol. The van der Waals surface area contributed by atoms with Crippen molar-refractivity contribution in [1.82, 2.24) is 0 Å². The average molecular weight is 529 g/mol. The molecule has 38 heavy (non-hydrogen) atoms. The molecule has 0 radical (unpaired) electrons. The molecular formula is C35H60O3. The highest BCUT2D eigenvalue weighted by atomic mass is 16.4. The van der Waals surface area contributed by atoms with Gasteiger partial charge >= 0.3 is 5.97 Å². The zero-order chi connectivity index (χ0) is 28.6. The molecule has 2 N–H and O–H groups in total. The molecule has 1 aromatic rings. The minimum Gasteiger partial charge on any atom is -0.507 e. The zero-order valence-electron chi connectivity index (χ0n) is 26.0. The molecule has 1 rings (SSSR count). The van der Waals surface area contributed by atoms with Gasteiger partial charge < -0.3 is 10.2 Å². The van der Waals surface area contributed by atoms with Crippen LogP contribution in [0.2, 0.25) is 0 Å². The van der Waals surface area contributed by atoms with Crippen LogP contribution < -0.4 is 0 Å². The number of rotatable bonds is 19. The first-order valence-electron chi connectivity index (χ1n) is 15.6. The maximum Gasteiger partial charge on any atom is 0.303 e. The van der Waals surface area contributed by atoms with Crippen LogP contribution in [0.3, 0.4) is 0 Å². The van der Waals surface area contributed by atoms with Gasteiger partial charge in [0.15, 0.2) is 0 Å². The third-order valence-electron chi connectivity index (χ3n) is 7.73. The number of carboxylic acid groups (broad SMARTS) is 1. The number of aromatic hydroxyl groups is 1. The second-order valence-corrected chi connectivity index (χ2v) is 13.5. The summed E-state index contributed by atoms with van der Waals surface area (Å²) in [5, 5.41) is 20.2. The van der Waals surface area contributed by atoms with Crippen LogP contribution in [0.15, 0.2) is 24.3 Å². The molecule has 0 bridgehead atoms. The van der Waals surface area contributed by atoms with Gasteiger partial charge in [-0.1, -0.05) is 124 Å². The number of carbonyl (C=O) groups is 1. The molecule has 0 aromatic heterocycles. The molecule has 0 saturated heterocycles. The van der Waals surface area contributed by atoms with Gasteiger partial charge in [0.25, 0.3) is 0 Å². The van der Waals surface area contributed by atoms with Crippen LogP contribution in [0.25, 0.3) is 0 Å². The molecule has 3 nitrogen and oxygen atoms in total. The Kier molecular flexibility index (Phi) is 16.0. The van der Waals surface area contributed by atoms with Crippen molar-refractivity contribution in [1.29, 1.82) is 0 Å². The molecule has 0 aliphatic carbocycles. The Hall–Kier alpha value is -1.77. The lowest BCUT2D eigenvalue weighted by Gasteiger charge is -2.30. The first kappa shape index (κ1) is 34.3. The summed E-state index contributed by atoms with van der Waals surface area (Å²) in [7, 11) is 0. The van der Waals surface area contributed by atoms with Crippen molar-refractivity contribution in [3.63, 3.8) is 0 Å². The minimum atomic E-state index is -0.708. The van der Waals surface area contributed by atoms with E-state index in [-0.39, 0.29) is 17.3 Å². The first-order valence-corrected chi connectivity index (χ1v) is 15.6. The van der Waals surface area contributed by atoms with Gasteiger partial charge in [0.2, 0.25) is 0 Å². The average Bonchev–Trinajstić information content (AvgIpc) is 2.82. The number of unbranched alkanes of at least 4 members (excludes halogenated alkanes) is 10. The highest BCUT2D eigenvalue weighted by Crippen LogP contribution is 2.42. The van der Waals surface area contributed by atoms with E-state index in [9.17, 15) is 9.90 Å². The second kappa shape index (κ2) is 17.7. The van der Waals surface area contributed by atoms with Crippen LogP contribution in [-0.2, 0) is 15.6 Å². The molecular weight excluding hydrogens is 468 g/mol. The molecule has 0 heterocycles. The van der Waals surface area contributed by atoms with E-state index >= 15 is 0 Å². The van der Waals surface area contributed by atoms with E-state index in [1.54, 1.807) is 0 Å². The van der Waals surface area contributed by atoms with Gasteiger partial charge in [-0.15, -0.1) is 0 Å². The molecule has 0 amide bonds. The number of hydrogen-bond acceptors (Lipinski definition) is 2. The van der Waals surface area contributed by atoms with E-state index in [2.05, 4.69) is 72.8 Å². The summed E-state index contributed by atoms with van der Waals surface area (Å²) in [6.45, 7) is 15.3. The van der Waals surface area contributed by atoms with Crippen LogP contribution in [0.5, 0.6) is 5.75 Å². The molecule has 3 heteroatoms. The Morgan fingerprint density at radius 2 is 1.18 bits per heavy atom. The molecule has 0 fully saturated rings. The van der Waals surface area contributed by atoms with Gasteiger partial charge in [-0.2, -0.15) is 0 Å². The quantitative estimate of drug-likeness (QED) is 0.139. The summed E-state index contributed by atoms with van der Waals surface area (Å²) in [4.78, 5) is 11.0. The van der Waals surface area contributed by atoms with Gasteiger partial charge in [-0.05, 0) is 78.4 Å². The Morgan fingerprint density at radius 1 is 0.737 bits per heavy atom. The van der Waals surface area contributed by atoms with Gasteiger partial charge in [0.05, 0.1) is 0 Å². The fourth-order valence-corrected chi connectivity index (χ4v) is 5.29. The molecule has 1 unspecified atom stereocenters. The third kappa shape index (κ3) is 13.9. The normalized spacial score (nSPS) is 13.3. The number of allylic oxidation sites excluding steroid dienone is 2. The smallest absolute Gasteiger partial charge is 0.303 e. The van der Waals surface area contributed by atoms with Gasteiger partial charge in [-0.25, -0.2) is 0 Å². The van der Waals surface area contributed by atoms with Crippen LogP contribution in [0.4, 0.5) is 0 Å². The lowest BCUT2D eigenvalue weighted by atomic mass is 9.76. The lowest BCUT2D eigenvalue weighted by Crippen LogP contribution is -2.18. The number of carboxylic acids is 1. The number of phenols is 1. The second-order valence-electron chi connectivity index (χ2n) is 13.5. The van der Waals surface area contributed by atoms with Crippen LogP contribution >= 0.6 is 0 Å². The van der Waals surface area contributed by atoms with Crippen molar-refractivity contribution in [3.05, 3.63) is 41.0 Å². The topological polar surface area (TPSA) is 57.5 Å². The molecule has 218 valence electrons. The fraction of sp³-hybridized carbons (Fsp3) is 0.743. The van der Waals surface area contributed by atoms with E-state index in [1.807, 2.05) is 0 Å². The number of benzene rings is 1. The van der Waals surface area contributed by atoms with Crippen molar-refractivity contribution < 1.29 is 15.0 Å². The fourth-order valence-electron chi connectivity index (χ4n) is 5.29. The van der Waals surface area contributed by atoms with Crippen molar-refractivity contribution in [3.8, 4) is 5.75 Å². The molecule has 0 aliphatic heterocycles. The number of aliphatic carboxylic acids is 1. The minimum absolute atomic E-state index is 0.143. The maximum absolute atomic E-state index is 11.2. The van der Waals surface area contributed by atoms with E-state index < -0.39 is 5.97 Å². The molecule has 0 saturated carbocycles. The summed E-state index contributed by atoms with van der Waals surface area (Å²) in [5.74, 6) is 0.127. The Morgan fingerprint density at radius 3 is 1.66 bits per heavy atom. The van der Waals surface area contributed by atoms with Crippen molar-refractivity contribution in [2.24, 2.45) is 0 Å². The lowest BCUT2D eigenvalue weighted by molar-refractivity contribution is -0.137. The Balaban J connectivity index is 2.76. The van der Waals surface area contributed by atoms with Gasteiger partial charge in [0, 0.05) is 6.42 Å². The summed E-state index contributed by atoms with van der Waals surface area (Å²) in [6.07, 6.45) is 23.0. The predicted octanol–water partition coefficient (Wildman–Crippen LogP) is 11.0. The first-order chi connectivity index (χ1) is 17.9. The highest BCUT2D eigenvalue weighted by Gasteiger charge is 2.28. The Labute approximate surface area is 235 Å². The standard InChI is InChI=1S/C35H60O3/c1-8-9-10-11-12-13-14-15-16-17-18-19-20-23-28(24-21-22-25-32(36)37)29-26-30(34(2,3)4)33(38)31(27-29)35(5,6)7/h15-16,26-28,38H,8-14,17-25H2,1-7H3,(H,36,37)/b16-15-. The summed E-state index contributed by atoms with van der Waals surface area (Å²) in [6, 6.07) is 4.47. The summed E-state index contributed by atoms with van der Waals surface area (Å²) < 4.78 is 0. The SMILES string of the molecule is CCCCCCCC/C=C\CCCCCC(CCCCC(=O)O)c1cc(C(C)(C)C)c(O)c(C(C)(C)C)c1. The van der Waals surface area contributed by atoms with Gasteiger partial charge in [-0.3, -0.25) is 4.79 Å². The van der Waals surface area contributed by atoms with Crippen molar-refractivity contribution >= 4 is 5.97 Å². The van der Waals surface area contributed by atoms with Crippen LogP contribution in [0, 0.1) is 0 Å². The summed E-state index contributed by atoms with van der Waals surface area (Å²) >= 11 is 0. The van der Waals surface area contributed by atoms with Crippen LogP contribution in [-0.4, -0.2) is 16.2 Å². The Bertz CT molecular complexity index is 788. The summed E-state index contributed by atoms with van der Waals surface area (Å²) in [5.41, 5.74) is 3.06. The third-order valence-corrected chi connectivity index (χ3v) is 7.73. The van der Waals surface area contributed by atoms with E-state index in [1.165, 1.54) is 76.2 Å². The number of hydrogen-bond donors (Lipinski definition) is 2. The molecule has 1 aromatic carbocycles.